The Morgan fingerprint density at radius 1 is 1.60 bits per heavy atom. The summed E-state index contributed by atoms with van der Waals surface area (Å²) in [7, 11) is 1.75. The predicted molar refractivity (Wildman–Crippen MR) is 66.0 cm³/mol. The van der Waals surface area contributed by atoms with Gasteiger partial charge in [0, 0.05) is 17.2 Å². The van der Waals surface area contributed by atoms with Crippen molar-refractivity contribution >= 4 is 31.9 Å². The highest BCUT2D eigenvalue weighted by atomic mass is 79.9. The number of likely N-dealkylation sites (N-methyl/N-ethyl adjacent to an activating group) is 1. The Labute approximate surface area is 105 Å². The third kappa shape index (κ3) is 3.71. The van der Waals surface area contributed by atoms with Gasteiger partial charge in [0.1, 0.15) is 0 Å². The van der Waals surface area contributed by atoms with Crippen molar-refractivity contribution in [1.82, 2.24) is 9.88 Å². The van der Waals surface area contributed by atoms with Gasteiger partial charge in [-0.25, -0.2) is 0 Å². The second-order valence-corrected chi connectivity index (χ2v) is 4.95. The van der Waals surface area contributed by atoms with E-state index >= 15 is 0 Å². The summed E-state index contributed by atoms with van der Waals surface area (Å²) in [6.07, 6.45) is 1.08. The maximum Gasteiger partial charge on any atom is 0.264 e. The van der Waals surface area contributed by atoms with Gasteiger partial charge in [-0.05, 0) is 45.0 Å². The van der Waals surface area contributed by atoms with E-state index < -0.39 is 6.10 Å². The molecule has 1 unspecified atom stereocenters. The molecule has 0 aromatic carbocycles. The van der Waals surface area contributed by atoms with Crippen LogP contribution in [-0.2, 0) is 6.54 Å². The lowest BCUT2D eigenvalue weighted by Crippen LogP contribution is -2.32. The Balaban J connectivity index is 2.90. The molecule has 0 aliphatic carbocycles. The molecule has 0 saturated carbocycles. The Morgan fingerprint density at radius 3 is 2.87 bits per heavy atom. The molecule has 2 N–H and O–H groups in total. The summed E-state index contributed by atoms with van der Waals surface area (Å²) in [6, 6.07) is 1.68. The van der Waals surface area contributed by atoms with E-state index in [0.29, 0.717) is 11.0 Å². The van der Waals surface area contributed by atoms with Crippen LogP contribution in [0.1, 0.15) is 0 Å². The minimum atomic E-state index is -0.575. The van der Waals surface area contributed by atoms with E-state index in [1.165, 1.54) is 4.57 Å². The average Bonchev–Trinajstić information content (AvgIpc) is 2.13. The number of hydrogen-bond acceptors (Lipinski definition) is 3. The standard InChI is InChI=1S/C9H12Br2N2O2/c1-12-3-7(14)5-13-4-6(10)2-8(11)9(13)15/h2,4,7,12,14H,3,5H2,1H3. The first-order chi connectivity index (χ1) is 7.04. The van der Waals surface area contributed by atoms with Gasteiger partial charge in [-0.1, -0.05) is 0 Å². The van der Waals surface area contributed by atoms with E-state index in [2.05, 4.69) is 37.2 Å². The molecule has 0 bridgehead atoms. The lowest BCUT2D eigenvalue weighted by molar-refractivity contribution is 0.152. The molecule has 0 aliphatic rings. The van der Waals surface area contributed by atoms with Crippen molar-refractivity contribution in [3.63, 3.8) is 0 Å². The molecule has 4 nitrogen and oxygen atoms in total. The quantitative estimate of drug-likeness (QED) is 0.859. The van der Waals surface area contributed by atoms with E-state index in [1.54, 1.807) is 19.3 Å². The van der Waals surface area contributed by atoms with Gasteiger partial charge in [0.25, 0.3) is 5.56 Å². The molecule has 0 spiro atoms. The number of halogens is 2. The number of nitrogens with one attached hydrogen (secondary N) is 1. The van der Waals surface area contributed by atoms with Crippen LogP contribution in [0.4, 0.5) is 0 Å². The highest BCUT2D eigenvalue weighted by Crippen LogP contribution is 2.12. The molecule has 1 heterocycles. The van der Waals surface area contributed by atoms with E-state index in [9.17, 15) is 9.90 Å². The second kappa shape index (κ2) is 5.79. The van der Waals surface area contributed by atoms with Crippen molar-refractivity contribution in [2.75, 3.05) is 13.6 Å². The first kappa shape index (κ1) is 12.9. The second-order valence-electron chi connectivity index (χ2n) is 3.18. The van der Waals surface area contributed by atoms with Crippen molar-refractivity contribution in [3.8, 4) is 0 Å². The predicted octanol–water partition coefficient (Wildman–Crippen LogP) is 0.954. The maximum atomic E-state index is 11.6. The van der Waals surface area contributed by atoms with Crippen molar-refractivity contribution < 1.29 is 5.11 Å². The summed E-state index contributed by atoms with van der Waals surface area (Å²) in [5.74, 6) is 0. The minimum absolute atomic E-state index is 0.145. The smallest absolute Gasteiger partial charge is 0.264 e. The maximum absolute atomic E-state index is 11.6. The Bertz CT molecular complexity index is 392. The molecule has 0 aliphatic heterocycles. The zero-order valence-corrected chi connectivity index (χ0v) is 11.4. The number of aliphatic hydroxyl groups is 1. The van der Waals surface area contributed by atoms with Crippen LogP contribution in [-0.4, -0.2) is 29.4 Å². The zero-order chi connectivity index (χ0) is 11.4. The minimum Gasteiger partial charge on any atom is -0.390 e. The van der Waals surface area contributed by atoms with E-state index in [0.717, 1.165) is 4.47 Å². The lowest BCUT2D eigenvalue weighted by Gasteiger charge is -2.12. The summed E-state index contributed by atoms with van der Waals surface area (Å²) >= 11 is 6.45. The molecular formula is C9H12Br2N2O2. The van der Waals surface area contributed by atoms with Crippen molar-refractivity contribution in [2.45, 2.75) is 12.6 Å². The first-order valence-electron chi connectivity index (χ1n) is 4.42. The molecular weight excluding hydrogens is 328 g/mol. The summed E-state index contributed by atoms with van der Waals surface area (Å²) in [5, 5.41) is 12.4. The van der Waals surface area contributed by atoms with Crippen LogP contribution in [0.3, 0.4) is 0 Å². The van der Waals surface area contributed by atoms with Crippen molar-refractivity contribution in [1.29, 1.82) is 0 Å². The third-order valence-electron chi connectivity index (χ3n) is 1.86. The van der Waals surface area contributed by atoms with Crippen molar-refractivity contribution in [2.24, 2.45) is 0 Å². The summed E-state index contributed by atoms with van der Waals surface area (Å²) in [5.41, 5.74) is -0.145. The number of aromatic nitrogens is 1. The molecule has 0 amide bonds. The van der Waals surface area contributed by atoms with Gasteiger partial charge in [0.05, 0.1) is 17.1 Å². The van der Waals surface area contributed by atoms with Gasteiger partial charge >= 0.3 is 0 Å². The number of hydrogen-bond donors (Lipinski definition) is 2. The van der Waals surface area contributed by atoms with Gasteiger partial charge in [0.2, 0.25) is 0 Å². The van der Waals surface area contributed by atoms with Gasteiger partial charge in [-0.15, -0.1) is 0 Å². The average molecular weight is 340 g/mol. The lowest BCUT2D eigenvalue weighted by atomic mass is 10.3. The zero-order valence-electron chi connectivity index (χ0n) is 8.20. The topological polar surface area (TPSA) is 54.3 Å². The Hall–Kier alpha value is -0.170. The van der Waals surface area contributed by atoms with Crippen LogP contribution in [0.5, 0.6) is 0 Å². The van der Waals surface area contributed by atoms with Gasteiger partial charge in [-0.2, -0.15) is 0 Å². The molecule has 1 atom stereocenters. The molecule has 1 rings (SSSR count). The van der Waals surface area contributed by atoms with Crippen LogP contribution >= 0.6 is 31.9 Å². The summed E-state index contributed by atoms with van der Waals surface area (Å²) in [4.78, 5) is 11.6. The van der Waals surface area contributed by atoms with Crippen LogP contribution in [0, 0.1) is 0 Å². The van der Waals surface area contributed by atoms with E-state index in [4.69, 9.17) is 0 Å². The molecule has 1 aromatic rings. The van der Waals surface area contributed by atoms with Gasteiger partial charge in [0.15, 0.2) is 0 Å². The monoisotopic (exact) mass is 338 g/mol. The largest absolute Gasteiger partial charge is 0.390 e. The fourth-order valence-corrected chi connectivity index (χ4v) is 2.49. The van der Waals surface area contributed by atoms with E-state index in [-0.39, 0.29) is 12.1 Å². The van der Waals surface area contributed by atoms with Crippen LogP contribution in [0.2, 0.25) is 0 Å². The molecule has 0 saturated heterocycles. The molecule has 0 fully saturated rings. The highest BCUT2D eigenvalue weighted by molar-refractivity contribution is 9.11. The molecule has 0 radical (unpaired) electrons. The number of pyridine rings is 1. The molecule has 1 aromatic heterocycles. The van der Waals surface area contributed by atoms with Gasteiger partial charge in [-0.3, -0.25) is 4.79 Å². The van der Waals surface area contributed by atoms with Crippen LogP contribution < -0.4 is 10.9 Å². The fourth-order valence-electron chi connectivity index (χ4n) is 1.23. The number of aliphatic hydroxyl groups excluding tert-OH is 1. The molecule has 84 valence electrons. The SMILES string of the molecule is CNCC(O)Cn1cc(Br)cc(Br)c1=O. The number of nitrogens with zero attached hydrogens (tertiary/aromatic N) is 1. The molecule has 6 heteroatoms. The van der Waals surface area contributed by atoms with Crippen LogP contribution in [0.25, 0.3) is 0 Å². The third-order valence-corrected chi connectivity index (χ3v) is 2.86. The highest BCUT2D eigenvalue weighted by Gasteiger charge is 2.08. The van der Waals surface area contributed by atoms with Crippen LogP contribution in [0.15, 0.2) is 26.0 Å². The number of rotatable bonds is 4. The fraction of sp³-hybridized carbons (Fsp3) is 0.444. The summed E-state index contributed by atoms with van der Waals surface area (Å²) in [6.45, 7) is 0.730. The van der Waals surface area contributed by atoms with E-state index in [1.807, 2.05) is 0 Å². The first-order valence-corrected chi connectivity index (χ1v) is 6.01. The Kier molecular flexibility index (Phi) is 4.98. The Morgan fingerprint density at radius 2 is 2.27 bits per heavy atom. The van der Waals surface area contributed by atoms with Crippen molar-refractivity contribution in [3.05, 3.63) is 31.6 Å². The van der Waals surface area contributed by atoms with Gasteiger partial charge < -0.3 is 15.0 Å². The normalized spacial score (nSPS) is 12.8. The molecule has 15 heavy (non-hydrogen) atoms. The summed E-state index contributed by atoms with van der Waals surface area (Å²) < 4.78 is 2.75.